The van der Waals surface area contributed by atoms with Crippen molar-refractivity contribution in [2.75, 3.05) is 26.2 Å². The van der Waals surface area contributed by atoms with Crippen LogP contribution >= 0.6 is 23.2 Å². The van der Waals surface area contributed by atoms with Crippen LogP contribution in [0.3, 0.4) is 0 Å². The highest BCUT2D eigenvalue weighted by molar-refractivity contribution is 6.34. The fourth-order valence-electron chi connectivity index (χ4n) is 4.81. The maximum absolute atomic E-state index is 12.5. The summed E-state index contributed by atoms with van der Waals surface area (Å²) < 4.78 is 10.7. The van der Waals surface area contributed by atoms with Crippen LogP contribution in [0.1, 0.15) is 16.7 Å². The van der Waals surface area contributed by atoms with Crippen LogP contribution in [-0.4, -0.2) is 48.0 Å². The first-order chi connectivity index (χ1) is 14.9. The highest BCUT2D eigenvalue weighted by Crippen LogP contribution is 2.33. The van der Waals surface area contributed by atoms with E-state index in [1.165, 1.54) is 0 Å². The zero-order valence-corrected chi connectivity index (χ0v) is 18.4. The van der Waals surface area contributed by atoms with Gasteiger partial charge in [-0.2, -0.15) is 0 Å². The summed E-state index contributed by atoms with van der Waals surface area (Å²) in [5, 5.41) is 1.05. The molecule has 3 aliphatic heterocycles. The zero-order chi connectivity index (χ0) is 21.5. The van der Waals surface area contributed by atoms with E-state index in [2.05, 4.69) is 11.0 Å². The van der Waals surface area contributed by atoms with E-state index in [1.807, 2.05) is 12.1 Å². The summed E-state index contributed by atoms with van der Waals surface area (Å²) in [6.45, 7) is 4.26. The number of carbonyl (C=O) groups excluding carboxylic acids is 2. The van der Waals surface area contributed by atoms with Crippen LogP contribution in [0.4, 0.5) is 4.79 Å². The molecule has 0 aromatic heterocycles. The van der Waals surface area contributed by atoms with Crippen LogP contribution in [0, 0.1) is 11.8 Å². The molecule has 1 amide bonds. The molecule has 2 aromatic carbocycles. The molecular formula is C23H22Cl2N2O4. The second kappa shape index (κ2) is 8.34. The predicted octanol–water partition coefficient (Wildman–Crippen LogP) is 4.16. The summed E-state index contributed by atoms with van der Waals surface area (Å²) in [6.07, 6.45) is 0.0669. The van der Waals surface area contributed by atoms with Gasteiger partial charge in [-0.3, -0.25) is 9.69 Å². The fraction of sp³-hybridized carbons (Fsp3) is 0.391. The average Bonchev–Trinajstić information content (AvgIpc) is 3.37. The Morgan fingerprint density at radius 2 is 1.71 bits per heavy atom. The minimum Gasteiger partial charge on any atom is -0.445 e. The minimum absolute atomic E-state index is 0.153. The zero-order valence-electron chi connectivity index (χ0n) is 16.9. The lowest BCUT2D eigenvalue weighted by atomic mass is 10.0. The van der Waals surface area contributed by atoms with Crippen LogP contribution < -0.4 is 4.74 Å². The topological polar surface area (TPSA) is 59.1 Å². The predicted molar refractivity (Wildman–Crippen MR) is 116 cm³/mol. The number of likely N-dealkylation sites (tertiary alicyclic amines) is 2. The lowest BCUT2D eigenvalue weighted by molar-refractivity contribution is -0.131. The quantitative estimate of drug-likeness (QED) is 0.506. The molecule has 31 heavy (non-hydrogen) atoms. The van der Waals surface area contributed by atoms with Gasteiger partial charge in [0.2, 0.25) is 0 Å². The van der Waals surface area contributed by atoms with Crippen molar-refractivity contribution in [1.29, 1.82) is 0 Å². The molecule has 0 aliphatic carbocycles. The molecule has 8 heteroatoms. The maximum atomic E-state index is 12.5. The Balaban J connectivity index is 1.12. The Kier molecular flexibility index (Phi) is 5.54. The molecule has 0 N–H and O–H groups in total. The fourth-order valence-corrected chi connectivity index (χ4v) is 5.38. The Labute approximate surface area is 190 Å². The number of benzene rings is 2. The van der Waals surface area contributed by atoms with E-state index in [1.54, 1.807) is 23.1 Å². The molecule has 0 radical (unpaired) electrons. The van der Waals surface area contributed by atoms with Gasteiger partial charge in [0.25, 0.3) is 0 Å². The first-order valence-electron chi connectivity index (χ1n) is 10.3. The van der Waals surface area contributed by atoms with Gasteiger partial charge in [0.05, 0.1) is 6.42 Å². The van der Waals surface area contributed by atoms with Gasteiger partial charge < -0.3 is 14.4 Å². The van der Waals surface area contributed by atoms with Gasteiger partial charge >= 0.3 is 12.1 Å². The molecule has 3 heterocycles. The second-order valence-corrected chi connectivity index (χ2v) is 9.42. The van der Waals surface area contributed by atoms with Crippen molar-refractivity contribution < 1.29 is 19.1 Å². The summed E-state index contributed by atoms with van der Waals surface area (Å²) in [6, 6.07) is 11.2. The van der Waals surface area contributed by atoms with Gasteiger partial charge in [-0.1, -0.05) is 35.3 Å². The third-order valence-corrected chi connectivity index (χ3v) is 6.64. The Hall–Kier alpha value is -2.28. The van der Waals surface area contributed by atoms with Crippen molar-refractivity contribution in [3.05, 3.63) is 63.1 Å². The lowest BCUT2D eigenvalue weighted by Gasteiger charge is -2.21. The molecule has 3 aliphatic rings. The number of amides is 1. The summed E-state index contributed by atoms with van der Waals surface area (Å²) in [5.74, 6) is 1.39. The van der Waals surface area contributed by atoms with E-state index >= 15 is 0 Å². The number of ether oxygens (including phenoxy) is 2. The lowest BCUT2D eigenvalue weighted by Crippen LogP contribution is -2.33. The van der Waals surface area contributed by atoms with Crippen molar-refractivity contribution in [3.63, 3.8) is 0 Å². The Bertz CT molecular complexity index is 1010. The largest absolute Gasteiger partial charge is 0.445 e. The van der Waals surface area contributed by atoms with Crippen LogP contribution in [0.2, 0.25) is 10.0 Å². The monoisotopic (exact) mass is 460 g/mol. The molecule has 162 valence electrons. The third kappa shape index (κ3) is 4.52. The van der Waals surface area contributed by atoms with Gasteiger partial charge in [0, 0.05) is 48.3 Å². The van der Waals surface area contributed by atoms with Crippen molar-refractivity contribution in [2.24, 2.45) is 11.8 Å². The molecule has 2 atom stereocenters. The van der Waals surface area contributed by atoms with Gasteiger partial charge in [0.1, 0.15) is 12.4 Å². The summed E-state index contributed by atoms with van der Waals surface area (Å²) in [4.78, 5) is 28.2. The van der Waals surface area contributed by atoms with Gasteiger partial charge in [0.15, 0.2) is 0 Å². The number of esters is 1. The number of hydrogen-bond acceptors (Lipinski definition) is 5. The molecule has 0 bridgehead atoms. The normalized spacial score (nSPS) is 22.4. The Morgan fingerprint density at radius 3 is 2.42 bits per heavy atom. The van der Waals surface area contributed by atoms with Crippen LogP contribution in [0.15, 0.2) is 36.4 Å². The van der Waals surface area contributed by atoms with Crippen molar-refractivity contribution in [1.82, 2.24) is 9.80 Å². The molecule has 0 unspecified atom stereocenters. The number of carbonyl (C=O) groups is 2. The number of halogens is 2. The first-order valence-corrected chi connectivity index (χ1v) is 11.1. The molecule has 6 nitrogen and oxygen atoms in total. The van der Waals surface area contributed by atoms with Crippen molar-refractivity contribution in [2.45, 2.75) is 19.6 Å². The molecule has 0 saturated carbocycles. The van der Waals surface area contributed by atoms with Crippen molar-refractivity contribution >= 4 is 35.3 Å². The highest BCUT2D eigenvalue weighted by atomic mass is 35.5. The number of hydrogen-bond donors (Lipinski definition) is 0. The van der Waals surface area contributed by atoms with Crippen LogP contribution in [0.5, 0.6) is 5.75 Å². The molecule has 2 fully saturated rings. The van der Waals surface area contributed by atoms with E-state index in [0.29, 0.717) is 47.1 Å². The number of fused-ring (bicyclic) bond motifs is 2. The minimum atomic E-state index is -0.294. The molecule has 2 saturated heterocycles. The summed E-state index contributed by atoms with van der Waals surface area (Å²) >= 11 is 12.0. The van der Waals surface area contributed by atoms with E-state index in [4.69, 9.17) is 32.7 Å². The Morgan fingerprint density at radius 1 is 1.00 bits per heavy atom. The average molecular weight is 461 g/mol. The van der Waals surface area contributed by atoms with E-state index in [9.17, 15) is 9.59 Å². The summed E-state index contributed by atoms with van der Waals surface area (Å²) in [5.41, 5.74) is 2.88. The number of nitrogens with zero attached hydrogens (tertiary/aromatic N) is 2. The van der Waals surface area contributed by atoms with Gasteiger partial charge in [-0.15, -0.1) is 0 Å². The van der Waals surface area contributed by atoms with E-state index in [0.717, 1.165) is 36.3 Å². The van der Waals surface area contributed by atoms with Gasteiger partial charge in [-0.05, 0) is 47.2 Å². The molecule has 2 aromatic rings. The van der Waals surface area contributed by atoms with Crippen molar-refractivity contribution in [3.8, 4) is 5.75 Å². The van der Waals surface area contributed by atoms with Crippen LogP contribution in [0.25, 0.3) is 0 Å². The first kappa shape index (κ1) is 20.6. The van der Waals surface area contributed by atoms with Gasteiger partial charge in [-0.25, -0.2) is 4.79 Å². The molecule has 0 spiro atoms. The molecule has 5 rings (SSSR count). The van der Waals surface area contributed by atoms with E-state index in [-0.39, 0.29) is 18.7 Å². The SMILES string of the molecule is O=C1Cc2ccc(CN3C[C@@H]4CN(C(=O)OCc5cc(Cl)cc(Cl)c5)C[C@@H]4C3)cc2O1. The smallest absolute Gasteiger partial charge is 0.410 e. The maximum Gasteiger partial charge on any atom is 0.410 e. The standard InChI is InChI=1S/C23H22Cl2N2O4/c24-19-3-15(4-20(25)7-19)13-30-23(29)27-11-17-9-26(10-18(17)12-27)8-14-1-2-16-6-22(28)31-21(16)5-14/h1-5,7,17-18H,6,8-13H2/t17-,18+. The third-order valence-electron chi connectivity index (χ3n) is 6.20. The summed E-state index contributed by atoms with van der Waals surface area (Å²) in [7, 11) is 0. The number of rotatable bonds is 4. The molecular weight excluding hydrogens is 439 g/mol. The highest BCUT2D eigenvalue weighted by Gasteiger charge is 2.42. The van der Waals surface area contributed by atoms with E-state index < -0.39 is 0 Å². The second-order valence-electron chi connectivity index (χ2n) is 8.54. The van der Waals surface area contributed by atoms with Crippen LogP contribution in [-0.2, 0) is 29.1 Å².